The monoisotopic (exact) mass is 847 g/mol. The zero-order valence-corrected chi connectivity index (χ0v) is 40.7. The molecule has 4 rings (SSSR count). The normalized spacial score (nSPS) is 17.8. The third-order valence-electron chi connectivity index (χ3n) is 12.6. The molecule has 2 aromatic rings. The molecule has 4 atom stereocenters. The van der Waals surface area contributed by atoms with Gasteiger partial charge in [-0.05, 0) is 150 Å². The van der Waals surface area contributed by atoms with Crippen molar-refractivity contribution in [3.63, 3.8) is 0 Å². The van der Waals surface area contributed by atoms with E-state index in [1.165, 1.54) is 140 Å². The van der Waals surface area contributed by atoms with Crippen molar-refractivity contribution in [1.29, 1.82) is 0 Å². The van der Waals surface area contributed by atoms with Crippen molar-refractivity contribution in [3.8, 4) is 11.5 Å². The Morgan fingerprint density at radius 2 is 0.932 bits per heavy atom. The molecule has 5 nitrogen and oxygen atoms in total. The van der Waals surface area contributed by atoms with Gasteiger partial charge in [-0.15, -0.1) is 0 Å². The molecule has 2 aliphatic heterocycles. The van der Waals surface area contributed by atoms with Crippen LogP contribution in [0.1, 0.15) is 153 Å². The number of rotatable bonds is 36. The van der Waals surface area contributed by atoms with Gasteiger partial charge in [-0.25, -0.2) is 0 Å². The van der Waals surface area contributed by atoms with Crippen molar-refractivity contribution in [2.45, 2.75) is 205 Å². The summed E-state index contributed by atoms with van der Waals surface area (Å²) in [6.45, 7) is 18.0. The Morgan fingerprint density at radius 3 is 1.34 bits per heavy atom. The second-order valence-corrected chi connectivity index (χ2v) is 27.7. The van der Waals surface area contributed by atoms with Crippen LogP contribution in [0.15, 0.2) is 72.8 Å². The Labute approximate surface area is 364 Å². The molecule has 0 spiro atoms. The van der Waals surface area contributed by atoms with Crippen LogP contribution in [-0.2, 0) is 26.4 Å². The first-order valence-electron chi connectivity index (χ1n) is 24.3. The summed E-state index contributed by atoms with van der Waals surface area (Å²) in [6, 6.07) is 17.2. The van der Waals surface area contributed by atoms with E-state index in [1.807, 2.05) is 0 Å². The van der Waals surface area contributed by atoms with E-state index in [0.717, 1.165) is 48.6 Å². The van der Waals surface area contributed by atoms with Crippen LogP contribution < -0.4 is 9.47 Å². The topological polar surface area (TPSA) is 52.8 Å². The number of ether oxygens (including phenoxy) is 4. The van der Waals surface area contributed by atoms with Gasteiger partial charge in [0.05, 0.1) is 13.2 Å². The maximum Gasteiger partial charge on any atom is 0.176 e. The Hall–Kier alpha value is -2.17. The number of benzene rings is 2. The van der Waals surface area contributed by atoms with E-state index in [4.69, 9.17) is 23.1 Å². The van der Waals surface area contributed by atoms with Gasteiger partial charge in [0.15, 0.2) is 16.6 Å². The highest BCUT2D eigenvalue weighted by molar-refractivity contribution is 6.86. The highest BCUT2D eigenvalue weighted by Crippen LogP contribution is 2.40. The molecule has 0 aromatic heterocycles. The largest absolute Gasteiger partial charge is 0.491 e. The lowest BCUT2D eigenvalue weighted by atomic mass is 10.0. The Kier molecular flexibility index (Phi) is 23.9. The van der Waals surface area contributed by atoms with Gasteiger partial charge in [-0.1, -0.05) is 127 Å². The Balaban J connectivity index is 1.03. The molecule has 0 bridgehead atoms. The summed E-state index contributed by atoms with van der Waals surface area (Å²) < 4.78 is 29.7. The molecule has 0 N–H and O–H groups in total. The minimum atomic E-state index is -1.83. The third kappa shape index (κ3) is 22.0. The van der Waals surface area contributed by atoms with E-state index in [9.17, 15) is 0 Å². The summed E-state index contributed by atoms with van der Waals surface area (Å²) >= 11 is 0. The fourth-order valence-electron chi connectivity index (χ4n) is 8.82. The van der Waals surface area contributed by atoms with Crippen LogP contribution in [0.25, 0.3) is 0 Å². The van der Waals surface area contributed by atoms with Crippen molar-refractivity contribution in [2.24, 2.45) is 0 Å². The predicted octanol–water partition coefficient (Wildman–Crippen LogP) is 15.1. The molecule has 2 fully saturated rings. The van der Waals surface area contributed by atoms with Crippen molar-refractivity contribution >= 4 is 16.6 Å². The average molecular weight is 847 g/mol. The number of hydrogen-bond acceptors (Lipinski definition) is 5. The zero-order chi connectivity index (χ0) is 42.0. The second-order valence-electron chi connectivity index (χ2n) is 18.8. The molecule has 0 saturated carbocycles. The minimum absolute atomic E-state index is 0.309. The quantitative estimate of drug-likeness (QED) is 0.0296. The zero-order valence-electron chi connectivity index (χ0n) is 38.7. The van der Waals surface area contributed by atoms with Crippen LogP contribution in [0.4, 0.5) is 0 Å². The van der Waals surface area contributed by atoms with E-state index < -0.39 is 16.6 Å². The number of hydrogen-bond donors (Lipinski definition) is 0. The average Bonchev–Trinajstić information content (AvgIpc) is 4.16. The van der Waals surface area contributed by atoms with Crippen molar-refractivity contribution in [3.05, 3.63) is 84.0 Å². The third-order valence-corrected chi connectivity index (χ3v) is 21.9. The van der Waals surface area contributed by atoms with Crippen molar-refractivity contribution < 1.29 is 23.1 Å². The van der Waals surface area contributed by atoms with Crippen LogP contribution in [-0.4, -0.2) is 55.3 Å². The number of allylic oxidation sites excluding steroid dienone is 4. The lowest BCUT2D eigenvalue weighted by Crippen LogP contribution is -2.50. The van der Waals surface area contributed by atoms with Crippen LogP contribution in [0, 0.1) is 0 Å². The predicted molar refractivity (Wildman–Crippen MR) is 256 cm³/mol. The molecule has 0 amide bonds. The van der Waals surface area contributed by atoms with Crippen LogP contribution >= 0.6 is 0 Å². The minimum Gasteiger partial charge on any atom is -0.491 e. The first kappa shape index (κ1) is 49.5. The first-order chi connectivity index (χ1) is 28.7. The molecule has 0 aliphatic carbocycles. The summed E-state index contributed by atoms with van der Waals surface area (Å²) in [7, 11) is -3.66. The molecule has 2 aliphatic rings. The van der Waals surface area contributed by atoms with Gasteiger partial charge in [0.2, 0.25) is 0 Å². The lowest BCUT2D eigenvalue weighted by molar-refractivity contribution is 0.263. The number of unbranched alkanes of at least 4 members (excludes halogenated alkanes) is 10. The second kappa shape index (κ2) is 28.4. The van der Waals surface area contributed by atoms with Crippen molar-refractivity contribution in [1.82, 2.24) is 0 Å². The summed E-state index contributed by atoms with van der Waals surface area (Å²) in [6.07, 6.45) is 38.4. The Morgan fingerprint density at radius 1 is 0.542 bits per heavy atom. The molecule has 0 radical (unpaired) electrons. The van der Waals surface area contributed by atoms with E-state index in [1.54, 1.807) is 0 Å². The number of aryl methyl sites for hydroxylation is 2. The molecule has 2 aromatic carbocycles. The Bertz CT molecular complexity index is 1340. The van der Waals surface area contributed by atoms with E-state index in [0.29, 0.717) is 25.4 Å². The summed E-state index contributed by atoms with van der Waals surface area (Å²) in [5, 5.41) is 0. The summed E-state index contributed by atoms with van der Waals surface area (Å²) in [5.74, 6) is 1.96. The van der Waals surface area contributed by atoms with Gasteiger partial charge < -0.3 is 23.1 Å². The standard InChI is InChI=1S/C52H86O5Si2/c1-7-29-51(37-25-21-17-13-9-11-15-19-23-31-45-33-27-35-47(39-45)53-41-49-43-55-49)58(3,4)57-59(5,6)52(30-8-2)38-26-22-18-14-10-12-16-20-24-32-46-34-28-36-48(40-46)54-42-50-44-56-50/h17-18,21-22,27-28,33-36,39-40,49-52H,7-16,19-20,23-26,29-32,37-38,41-44H2,1-6H3/b21-17+,22-18?. The summed E-state index contributed by atoms with van der Waals surface area (Å²) in [4.78, 5) is 0. The molecule has 4 unspecified atom stereocenters. The molecular formula is C52H86O5Si2. The molecule has 2 heterocycles. The molecule has 7 heteroatoms. The molecule has 2 saturated heterocycles. The van der Waals surface area contributed by atoms with E-state index >= 15 is 0 Å². The summed E-state index contributed by atoms with van der Waals surface area (Å²) in [5.41, 5.74) is 4.26. The van der Waals surface area contributed by atoms with Crippen LogP contribution in [0.3, 0.4) is 0 Å². The smallest absolute Gasteiger partial charge is 0.176 e. The molecule has 59 heavy (non-hydrogen) atoms. The van der Waals surface area contributed by atoms with Gasteiger partial charge in [0.1, 0.15) is 36.9 Å². The van der Waals surface area contributed by atoms with Crippen molar-refractivity contribution in [2.75, 3.05) is 26.4 Å². The fraction of sp³-hybridized carbons (Fsp3) is 0.692. The molecule has 332 valence electrons. The molecular weight excluding hydrogens is 761 g/mol. The van der Waals surface area contributed by atoms with E-state index in [2.05, 4.69) is 113 Å². The highest BCUT2D eigenvalue weighted by Gasteiger charge is 2.42. The van der Waals surface area contributed by atoms with Crippen LogP contribution in [0.2, 0.25) is 37.3 Å². The van der Waals surface area contributed by atoms with Gasteiger partial charge >= 0.3 is 0 Å². The van der Waals surface area contributed by atoms with Gasteiger partial charge in [-0.3, -0.25) is 0 Å². The SMILES string of the molecule is CCCC(CCC=CCCCCCCCc1cccc(OCC2CO2)c1)[Si](C)(C)O[Si](C)(C)C(CCC)CC/C=C/CCCCCCCc1cccc(OCC2CO2)c1. The first-order valence-corrected chi connectivity index (χ1v) is 30.3. The highest BCUT2D eigenvalue weighted by atomic mass is 28.4. The maximum absolute atomic E-state index is 7.46. The van der Waals surface area contributed by atoms with Crippen LogP contribution in [0.5, 0.6) is 11.5 Å². The maximum atomic E-state index is 7.46. The van der Waals surface area contributed by atoms with Gasteiger partial charge in [-0.2, -0.15) is 0 Å². The lowest BCUT2D eigenvalue weighted by Gasteiger charge is -2.43. The van der Waals surface area contributed by atoms with E-state index in [-0.39, 0.29) is 0 Å². The van der Waals surface area contributed by atoms with Gasteiger partial charge in [0.25, 0.3) is 0 Å². The fourth-order valence-corrected chi connectivity index (χ4v) is 19.3. The van der Waals surface area contributed by atoms with Gasteiger partial charge in [0, 0.05) is 0 Å². The number of epoxide rings is 2.